The Labute approximate surface area is 153 Å². The highest BCUT2D eigenvalue weighted by molar-refractivity contribution is 5.46. The van der Waals surface area contributed by atoms with Gasteiger partial charge < -0.3 is 20.1 Å². The molecule has 4 rings (SSSR count). The summed E-state index contributed by atoms with van der Waals surface area (Å²) in [6.45, 7) is 3.56. The number of rotatable bonds is 7. The molecule has 2 aromatic rings. The maximum absolute atomic E-state index is 9.57. The van der Waals surface area contributed by atoms with Gasteiger partial charge >= 0.3 is 0 Å². The number of pyridine rings is 1. The van der Waals surface area contributed by atoms with Gasteiger partial charge in [0.05, 0.1) is 18.4 Å². The molecule has 7 nitrogen and oxygen atoms in total. The van der Waals surface area contributed by atoms with Crippen molar-refractivity contribution in [2.45, 2.75) is 31.3 Å². The highest BCUT2D eigenvalue weighted by atomic mass is 16.5. The van der Waals surface area contributed by atoms with E-state index in [4.69, 9.17) is 9.72 Å². The van der Waals surface area contributed by atoms with Crippen molar-refractivity contribution < 1.29 is 9.84 Å². The summed E-state index contributed by atoms with van der Waals surface area (Å²) in [7, 11) is 0. The molecule has 2 aliphatic heterocycles. The van der Waals surface area contributed by atoms with Gasteiger partial charge in [-0.1, -0.05) is 6.07 Å². The first-order valence-electron chi connectivity index (χ1n) is 9.30. The molecule has 0 aliphatic carbocycles. The molecule has 2 aromatic heterocycles. The van der Waals surface area contributed by atoms with Gasteiger partial charge in [0.2, 0.25) is 5.95 Å². The van der Waals surface area contributed by atoms with Crippen LogP contribution in [0.25, 0.3) is 0 Å². The molecule has 0 unspecified atom stereocenters. The topological polar surface area (TPSA) is 83.4 Å². The monoisotopic (exact) mass is 355 g/mol. The van der Waals surface area contributed by atoms with Gasteiger partial charge in [-0.15, -0.1) is 0 Å². The molecule has 0 amide bonds. The summed E-state index contributed by atoms with van der Waals surface area (Å²) < 4.78 is 5.52. The van der Waals surface area contributed by atoms with Gasteiger partial charge in [-0.2, -0.15) is 4.98 Å². The third kappa shape index (κ3) is 4.11. The van der Waals surface area contributed by atoms with Crippen molar-refractivity contribution in [1.82, 2.24) is 15.0 Å². The average Bonchev–Trinajstić information content (AvgIpc) is 3.18. The van der Waals surface area contributed by atoms with Crippen LogP contribution >= 0.6 is 0 Å². The van der Waals surface area contributed by atoms with Crippen LogP contribution in [-0.2, 0) is 11.2 Å². The lowest BCUT2D eigenvalue weighted by Crippen LogP contribution is -2.51. The highest BCUT2D eigenvalue weighted by Crippen LogP contribution is 2.28. The van der Waals surface area contributed by atoms with Crippen LogP contribution in [0.3, 0.4) is 0 Å². The van der Waals surface area contributed by atoms with Gasteiger partial charge in [0.1, 0.15) is 5.82 Å². The number of hydrogen-bond acceptors (Lipinski definition) is 7. The minimum absolute atomic E-state index is 0.270. The Kier molecular flexibility index (Phi) is 5.26. The minimum Gasteiger partial charge on any atom is -0.389 e. The molecule has 0 radical (unpaired) electrons. The van der Waals surface area contributed by atoms with E-state index in [1.165, 1.54) is 5.56 Å². The molecule has 7 heteroatoms. The van der Waals surface area contributed by atoms with Crippen molar-refractivity contribution in [2.24, 2.45) is 0 Å². The lowest BCUT2D eigenvalue weighted by Gasteiger charge is -2.36. The quantitative estimate of drug-likeness (QED) is 0.730. The summed E-state index contributed by atoms with van der Waals surface area (Å²) in [6, 6.07) is 6.11. The molecule has 26 heavy (non-hydrogen) atoms. The molecule has 0 spiro atoms. The molecular weight excluding hydrogens is 330 g/mol. The number of aromatic nitrogens is 3. The van der Waals surface area contributed by atoms with Crippen molar-refractivity contribution in [1.29, 1.82) is 0 Å². The smallest absolute Gasteiger partial charge is 0.227 e. The Morgan fingerprint density at radius 3 is 2.96 bits per heavy atom. The lowest BCUT2D eigenvalue weighted by molar-refractivity contribution is 0.140. The SMILES string of the molecule is OC1CN(c2nc(NCCCc3cccnc3)cc([C@H]3CCOC3)n2)C1. The van der Waals surface area contributed by atoms with Gasteiger partial charge in [0, 0.05) is 50.6 Å². The van der Waals surface area contributed by atoms with E-state index in [9.17, 15) is 5.11 Å². The molecule has 2 N–H and O–H groups in total. The molecule has 2 saturated heterocycles. The minimum atomic E-state index is -0.270. The Morgan fingerprint density at radius 2 is 2.23 bits per heavy atom. The third-order valence-corrected chi connectivity index (χ3v) is 4.90. The van der Waals surface area contributed by atoms with Crippen molar-refractivity contribution in [2.75, 3.05) is 43.1 Å². The Hall–Kier alpha value is -2.25. The van der Waals surface area contributed by atoms with Crippen molar-refractivity contribution >= 4 is 11.8 Å². The predicted molar refractivity (Wildman–Crippen MR) is 99.5 cm³/mol. The lowest BCUT2D eigenvalue weighted by atomic mass is 10.0. The predicted octanol–water partition coefficient (Wildman–Crippen LogP) is 1.60. The Bertz CT molecular complexity index is 715. The van der Waals surface area contributed by atoms with Gasteiger partial charge in [-0.05, 0) is 30.9 Å². The number of aliphatic hydroxyl groups excluding tert-OH is 1. The van der Waals surface area contributed by atoms with Crippen LogP contribution in [0, 0.1) is 0 Å². The zero-order chi connectivity index (χ0) is 17.8. The highest BCUT2D eigenvalue weighted by Gasteiger charge is 2.28. The van der Waals surface area contributed by atoms with Crippen LogP contribution in [0.5, 0.6) is 0 Å². The fraction of sp³-hybridized carbons (Fsp3) is 0.526. The van der Waals surface area contributed by atoms with Gasteiger partial charge in [0.25, 0.3) is 0 Å². The summed E-state index contributed by atoms with van der Waals surface area (Å²) >= 11 is 0. The van der Waals surface area contributed by atoms with E-state index in [2.05, 4.69) is 21.4 Å². The largest absolute Gasteiger partial charge is 0.389 e. The van der Waals surface area contributed by atoms with Crippen molar-refractivity contribution in [3.05, 3.63) is 41.9 Å². The maximum atomic E-state index is 9.57. The molecule has 0 aromatic carbocycles. The molecule has 4 heterocycles. The Balaban J connectivity index is 1.40. The van der Waals surface area contributed by atoms with Gasteiger partial charge in [-0.3, -0.25) is 4.98 Å². The molecule has 2 fully saturated rings. The molecule has 2 aliphatic rings. The van der Waals surface area contributed by atoms with Gasteiger partial charge in [0.15, 0.2) is 0 Å². The normalized spacial score (nSPS) is 20.2. The van der Waals surface area contributed by atoms with Crippen molar-refractivity contribution in [3.8, 4) is 0 Å². The number of aryl methyl sites for hydroxylation is 1. The molecular formula is C19H25N5O2. The maximum Gasteiger partial charge on any atom is 0.227 e. The van der Waals surface area contributed by atoms with Crippen LogP contribution < -0.4 is 10.2 Å². The van der Waals surface area contributed by atoms with Crippen molar-refractivity contribution in [3.63, 3.8) is 0 Å². The summed E-state index contributed by atoms with van der Waals surface area (Å²) in [6.07, 6.45) is 6.43. The first kappa shape index (κ1) is 17.2. The van der Waals surface area contributed by atoms with Crippen LogP contribution in [-0.4, -0.2) is 59.0 Å². The molecule has 0 bridgehead atoms. The van der Waals surface area contributed by atoms with E-state index in [1.807, 2.05) is 23.2 Å². The average molecular weight is 355 g/mol. The van der Waals surface area contributed by atoms with Gasteiger partial charge in [-0.25, -0.2) is 4.98 Å². The molecule has 0 saturated carbocycles. The standard InChI is InChI=1S/C19H25N5O2/c25-16-11-24(12-16)19-22-17(15-5-8-26-13-15)9-18(23-19)21-7-2-4-14-3-1-6-20-10-14/h1,3,6,9-10,15-16,25H,2,4-5,7-8,11-13H2,(H,21,22,23)/t15-/m0/s1. The van der Waals surface area contributed by atoms with E-state index in [1.54, 1.807) is 6.20 Å². The number of β-amino-alcohol motifs (C(OH)–C–C–N with tert-alkyl or cyclic N) is 1. The summed E-state index contributed by atoms with van der Waals surface area (Å²) in [4.78, 5) is 15.5. The number of nitrogens with one attached hydrogen (secondary N) is 1. The van der Waals surface area contributed by atoms with E-state index in [-0.39, 0.29) is 6.10 Å². The second-order valence-corrected chi connectivity index (χ2v) is 6.99. The van der Waals surface area contributed by atoms with E-state index >= 15 is 0 Å². The van der Waals surface area contributed by atoms with E-state index in [0.29, 0.717) is 25.0 Å². The third-order valence-electron chi connectivity index (χ3n) is 4.90. The zero-order valence-electron chi connectivity index (χ0n) is 14.8. The van der Waals surface area contributed by atoms with E-state index in [0.717, 1.165) is 50.5 Å². The second kappa shape index (κ2) is 7.97. The second-order valence-electron chi connectivity index (χ2n) is 6.99. The first-order chi connectivity index (χ1) is 12.8. The summed E-state index contributed by atoms with van der Waals surface area (Å²) in [5, 5.41) is 13.0. The number of nitrogens with zero attached hydrogens (tertiary/aromatic N) is 4. The van der Waals surface area contributed by atoms with Crippen LogP contribution in [0.2, 0.25) is 0 Å². The molecule has 138 valence electrons. The first-order valence-corrected chi connectivity index (χ1v) is 9.30. The zero-order valence-corrected chi connectivity index (χ0v) is 14.8. The fourth-order valence-corrected chi connectivity index (χ4v) is 3.34. The molecule has 1 atom stereocenters. The summed E-state index contributed by atoms with van der Waals surface area (Å²) in [5.41, 5.74) is 2.28. The fourth-order valence-electron chi connectivity index (χ4n) is 3.34. The van der Waals surface area contributed by atoms with Crippen LogP contribution in [0.4, 0.5) is 11.8 Å². The number of ether oxygens (including phenoxy) is 1. The number of aliphatic hydroxyl groups is 1. The Morgan fingerprint density at radius 1 is 1.31 bits per heavy atom. The van der Waals surface area contributed by atoms with Crippen LogP contribution in [0.15, 0.2) is 30.6 Å². The van der Waals surface area contributed by atoms with Crippen LogP contribution in [0.1, 0.15) is 30.0 Å². The number of anilines is 2. The number of hydrogen-bond donors (Lipinski definition) is 2. The van der Waals surface area contributed by atoms with E-state index < -0.39 is 0 Å². The summed E-state index contributed by atoms with van der Waals surface area (Å²) in [5.74, 6) is 1.89.